The van der Waals surface area contributed by atoms with Crippen LogP contribution >= 0.6 is 0 Å². The van der Waals surface area contributed by atoms with Gasteiger partial charge in [0.05, 0.1) is 16.3 Å². The van der Waals surface area contributed by atoms with Crippen molar-refractivity contribution in [2.45, 2.75) is 17.9 Å². The van der Waals surface area contributed by atoms with Crippen molar-refractivity contribution in [3.8, 4) is 0 Å². The zero-order chi connectivity index (χ0) is 13.9. The van der Waals surface area contributed by atoms with Gasteiger partial charge in [0.25, 0.3) is 0 Å². The number of carbonyl (C=O) groups is 1. The lowest BCUT2D eigenvalue weighted by atomic mass is 10.2. The van der Waals surface area contributed by atoms with Crippen LogP contribution in [0.15, 0.2) is 23.1 Å². The third-order valence-corrected chi connectivity index (χ3v) is 3.57. The summed E-state index contributed by atoms with van der Waals surface area (Å²) < 4.78 is 22.7. The number of rotatable bonds is 4. The first-order valence-electron chi connectivity index (χ1n) is 5.33. The van der Waals surface area contributed by atoms with Gasteiger partial charge in [0, 0.05) is 13.3 Å². The number of anilines is 2. The molecule has 1 aromatic rings. The number of nitrogen functional groups attached to an aromatic ring is 1. The van der Waals surface area contributed by atoms with E-state index >= 15 is 0 Å². The summed E-state index contributed by atoms with van der Waals surface area (Å²) in [7, 11) is -1.74. The van der Waals surface area contributed by atoms with E-state index < -0.39 is 15.9 Å². The average molecular weight is 271 g/mol. The monoisotopic (exact) mass is 271 g/mol. The maximum Gasteiger partial charge on any atom is 0.241 e. The molecule has 0 bridgehead atoms. The highest BCUT2D eigenvalue weighted by molar-refractivity contribution is 7.90. The predicted molar refractivity (Wildman–Crippen MR) is 71.1 cm³/mol. The van der Waals surface area contributed by atoms with Crippen molar-refractivity contribution >= 4 is 27.1 Å². The lowest BCUT2D eigenvalue weighted by Crippen LogP contribution is -2.35. The van der Waals surface area contributed by atoms with E-state index in [9.17, 15) is 13.2 Å². The largest absolute Gasteiger partial charge is 0.397 e. The van der Waals surface area contributed by atoms with Crippen molar-refractivity contribution in [1.82, 2.24) is 5.32 Å². The van der Waals surface area contributed by atoms with E-state index in [1.54, 1.807) is 13.0 Å². The number of nitrogens with one attached hydrogen (secondary N) is 2. The lowest BCUT2D eigenvalue weighted by molar-refractivity contribution is -0.121. The van der Waals surface area contributed by atoms with E-state index in [1.807, 2.05) is 0 Å². The maximum absolute atomic E-state index is 11.3. The van der Waals surface area contributed by atoms with Crippen LogP contribution < -0.4 is 16.4 Å². The molecule has 0 saturated heterocycles. The topological polar surface area (TPSA) is 101 Å². The molecule has 7 heteroatoms. The quantitative estimate of drug-likeness (QED) is 0.680. The van der Waals surface area contributed by atoms with Crippen molar-refractivity contribution in [3.63, 3.8) is 0 Å². The van der Waals surface area contributed by atoms with Crippen LogP contribution in [-0.4, -0.2) is 33.7 Å². The number of hydrogen-bond acceptors (Lipinski definition) is 5. The summed E-state index contributed by atoms with van der Waals surface area (Å²) >= 11 is 0. The summed E-state index contributed by atoms with van der Waals surface area (Å²) in [6, 6.07) is 3.91. The van der Waals surface area contributed by atoms with Crippen molar-refractivity contribution in [2.75, 3.05) is 24.4 Å². The Balaban J connectivity index is 2.97. The molecule has 0 aliphatic rings. The fraction of sp³-hybridized carbons (Fsp3) is 0.364. The first kappa shape index (κ1) is 14.3. The maximum atomic E-state index is 11.3. The molecule has 1 amide bonds. The van der Waals surface area contributed by atoms with Gasteiger partial charge in [0.2, 0.25) is 5.91 Å². The Morgan fingerprint density at radius 2 is 2.00 bits per heavy atom. The van der Waals surface area contributed by atoms with E-state index in [2.05, 4.69) is 10.6 Å². The molecule has 100 valence electrons. The van der Waals surface area contributed by atoms with Gasteiger partial charge in [-0.15, -0.1) is 0 Å². The summed E-state index contributed by atoms with van der Waals surface area (Å²) in [6.07, 6.45) is 1.11. The third-order valence-electron chi connectivity index (χ3n) is 2.46. The molecule has 0 aromatic heterocycles. The van der Waals surface area contributed by atoms with Crippen molar-refractivity contribution in [1.29, 1.82) is 0 Å². The number of sulfone groups is 1. The molecule has 0 spiro atoms. The fourth-order valence-corrected chi connectivity index (χ4v) is 2.07. The summed E-state index contributed by atoms with van der Waals surface area (Å²) in [6.45, 7) is 1.68. The molecule has 0 fully saturated rings. The zero-order valence-electron chi connectivity index (χ0n) is 10.5. The zero-order valence-corrected chi connectivity index (χ0v) is 11.3. The first-order chi connectivity index (χ1) is 8.25. The molecule has 1 rings (SSSR count). The lowest BCUT2D eigenvalue weighted by Gasteiger charge is -2.15. The summed E-state index contributed by atoms with van der Waals surface area (Å²) in [5.41, 5.74) is 6.56. The SMILES string of the molecule is CNC(=O)C(C)Nc1ccc(S(C)(=O)=O)cc1N. The van der Waals surface area contributed by atoms with E-state index in [0.717, 1.165) is 6.26 Å². The van der Waals surface area contributed by atoms with Gasteiger partial charge in [-0.05, 0) is 25.1 Å². The van der Waals surface area contributed by atoms with Crippen molar-refractivity contribution in [3.05, 3.63) is 18.2 Å². The molecule has 0 aliphatic carbocycles. The third kappa shape index (κ3) is 3.36. The molecular formula is C11H17N3O3S. The van der Waals surface area contributed by atoms with Crippen LogP contribution in [0.25, 0.3) is 0 Å². The van der Waals surface area contributed by atoms with Crippen LogP contribution in [0.2, 0.25) is 0 Å². The molecule has 0 heterocycles. The van der Waals surface area contributed by atoms with Gasteiger partial charge in [-0.2, -0.15) is 0 Å². The average Bonchev–Trinajstić information content (AvgIpc) is 2.29. The predicted octanol–water partition coefficient (Wildman–Crippen LogP) is 0.219. The Labute approximate surface area is 106 Å². The van der Waals surface area contributed by atoms with Crippen LogP contribution in [0, 0.1) is 0 Å². The Morgan fingerprint density at radius 3 is 2.44 bits per heavy atom. The molecule has 1 unspecified atom stereocenters. The van der Waals surface area contributed by atoms with E-state index in [0.29, 0.717) is 5.69 Å². The number of hydrogen-bond donors (Lipinski definition) is 3. The molecule has 1 aromatic carbocycles. The standard InChI is InChI=1S/C11H17N3O3S/c1-7(11(15)13-2)14-10-5-4-8(6-9(10)12)18(3,16)17/h4-7,14H,12H2,1-3H3,(H,13,15). The molecule has 18 heavy (non-hydrogen) atoms. The van der Waals surface area contributed by atoms with Crippen LogP contribution in [0.5, 0.6) is 0 Å². The molecule has 6 nitrogen and oxygen atoms in total. The minimum absolute atomic E-state index is 0.151. The van der Waals surface area contributed by atoms with Crippen molar-refractivity contribution < 1.29 is 13.2 Å². The smallest absolute Gasteiger partial charge is 0.241 e. The Bertz CT molecular complexity index is 555. The van der Waals surface area contributed by atoms with E-state index in [4.69, 9.17) is 5.73 Å². The van der Waals surface area contributed by atoms with Gasteiger partial charge >= 0.3 is 0 Å². The second-order valence-corrected chi connectivity index (χ2v) is 6.02. The molecule has 0 saturated carbocycles. The summed E-state index contributed by atoms with van der Waals surface area (Å²) in [4.78, 5) is 11.5. The normalized spacial score (nSPS) is 12.8. The van der Waals surface area contributed by atoms with Gasteiger partial charge in [0.15, 0.2) is 9.84 Å². The van der Waals surface area contributed by atoms with Gasteiger partial charge in [-0.3, -0.25) is 4.79 Å². The highest BCUT2D eigenvalue weighted by Crippen LogP contribution is 2.23. The van der Waals surface area contributed by atoms with E-state index in [1.165, 1.54) is 19.2 Å². The Hall–Kier alpha value is -1.76. The highest BCUT2D eigenvalue weighted by atomic mass is 32.2. The highest BCUT2D eigenvalue weighted by Gasteiger charge is 2.14. The van der Waals surface area contributed by atoms with Gasteiger partial charge in [-0.1, -0.05) is 0 Å². The van der Waals surface area contributed by atoms with Crippen LogP contribution in [0.1, 0.15) is 6.92 Å². The van der Waals surface area contributed by atoms with Gasteiger partial charge in [-0.25, -0.2) is 8.42 Å². The van der Waals surface area contributed by atoms with Crippen molar-refractivity contribution in [2.24, 2.45) is 0 Å². The summed E-state index contributed by atoms with van der Waals surface area (Å²) in [5.74, 6) is -0.179. The van der Waals surface area contributed by atoms with Gasteiger partial charge < -0.3 is 16.4 Å². The molecule has 0 radical (unpaired) electrons. The number of amides is 1. The number of likely N-dealkylation sites (N-methyl/N-ethyl adjacent to an activating group) is 1. The Kier molecular flexibility index (Phi) is 4.18. The number of carbonyl (C=O) groups excluding carboxylic acids is 1. The van der Waals surface area contributed by atoms with Crippen LogP contribution in [0.3, 0.4) is 0 Å². The second-order valence-electron chi connectivity index (χ2n) is 4.00. The van der Waals surface area contributed by atoms with Crippen LogP contribution in [0.4, 0.5) is 11.4 Å². The second kappa shape index (κ2) is 5.26. The van der Waals surface area contributed by atoms with Gasteiger partial charge in [0.1, 0.15) is 6.04 Å². The number of nitrogens with two attached hydrogens (primary N) is 1. The first-order valence-corrected chi connectivity index (χ1v) is 7.22. The minimum atomic E-state index is -3.28. The van der Waals surface area contributed by atoms with E-state index in [-0.39, 0.29) is 16.5 Å². The molecule has 1 atom stereocenters. The molecular weight excluding hydrogens is 254 g/mol. The molecule has 0 aliphatic heterocycles. The fourth-order valence-electron chi connectivity index (χ4n) is 1.42. The minimum Gasteiger partial charge on any atom is -0.397 e. The Morgan fingerprint density at radius 1 is 1.39 bits per heavy atom. The molecule has 4 N–H and O–H groups in total. The summed E-state index contributed by atoms with van der Waals surface area (Å²) in [5, 5.41) is 5.41. The number of benzene rings is 1. The van der Waals surface area contributed by atoms with Crippen LogP contribution in [-0.2, 0) is 14.6 Å².